The summed E-state index contributed by atoms with van der Waals surface area (Å²) >= 11 is 0. The lowest BCUT2D eigenvalue weighted by molar-refractivity contribution is 0.340. The summed E-state index contributed by atoms with van der Waals surface area (Å²) in [7, 11) is 0. The number of aryl methyl sites for hydroxylation is 3. The third kappa shape index (κ3) is 4.39. The molecule has 1 atom stereocenters. The van der Waals surface area contributed by atoms with Crippen molar-refractivity contribution in [1.82, 2.24) is 15.5 Å². The molecular weight excluding hydrogens is 262 g/mol. The van der Waals surface area contributed by atoms with Crippen LogP contribution in [0.15, 0.2) is 34.9 Å². The zero-order chi connectivity index (χ0) is 14.3. The molecule has 4 nitrogen and oxygen atoms in total. The SMILES string of the molecule is c1ccc(CCc2noc(CCC3CCCCN3)n2)cc1. The molecule has 0 radical (unpaired) electrons. The Morgan fingerprint density at radius 3 is 2.81 bits per heavy atom. The maximum absolute atomic E-state index is 5.36. The van der Waals surface area contributed by atoms with Crippen molar-refractivity contribution in [3.63, 3.8) is 0 Å². The number of benzene rings is 1. The molecule has 0 spiro atoms. The van der Waals surface area contributed by atoms with Gasteiger partial charge in [0.2, 0.25) is 5.89 Å². The molecule has 1 aromatic heterocycles. The lowest BCUT2D eigenvalue weighted by Crippen LogP contribution is -2.34. The number of aromatic nitrogens is 2. The zero-order valence-electron chi connectivity index (χ0n) is 12.4. The van der Waals surface area contributed by atoms with Crippen molar-refractivity contribution in [2.75, 3.05) is 6.54 Å². The van der Waals surface area contributed by atoms with E-state index < -0.39 is 0 Å². The molecule has 0 amide bonds. The second-order valence-corrected chi connectivity index (χ2v) is 5.78. The Labute approximate surface area is 126 Å². The monoisotopic (exact) mass is 285 g/mol. The van der Waals surface area contributed by atoms with Crippen LogP contribution in [-0.2, 0) is 19.3 Å². The van der Waals surface area contributed by atoms with Gasteiger partial charge in [0, 0.05) is 18.9 Å². The average Bonchev–Trinajstić information content (AvgIpc) is 3.01. The molecule has 1 saturated heterocycles. The Morgan fingerprint density at radius 1 is 1.10 bits per heavy atom. The van der Waals surface area contributed by atoms with E-state index in [9.17, 15) is 0 Å². The fourth-order valence-corrected chi connectivity index (χ4v) is 2.86. The molecule has 0 aliphatic carbocycles. The van der Waals surface area contributed by atoms with E-state index in [2.05, 4.69) is 39.7 Å². The van der Waals surface area contributed by atoms with Gasteiger partial charge in [-0.3, -0.25) is 0 Å². The molecule has 3 rings (SSSR count). The Balaban J connectivity index is 1.45. The molecule has 0 bridgehead atoms. The van der Waals surface area contributed by atoms with E-state index in [4.69, 9.17) is 4.52 Å². The predicted molar refractivity (Wildman–Crippen MR) is 82.1 cm³/mol. The van der Waals surface area contributed by atoms with Gasteiger partial charge in [-0.05, 0) is 37.8 Å². The highest BCUT2D eigenvalue weighted by molar-refractivity contribution is 5.15. The van der Waals surface area contributed by atoms with Crippen LogP contribution in [0.4, 0.5) is 0 Å². The molecule has 1 aromatic carbocycles. The molecule has 1 N–H and O–H groups in total. The molecule has 0 saturated carbocycles. The Hall–Kier alpha value is -1.68. The summed E-state index contributed by atoms with van der Waals surface area (Å²) in [4.78, 5) is 4.50. The molecule has 112 valence electrons. The summed E-state index contributed by atoms with van der Waals surface area (Å²) in [5.74, 6) is 1.61. The Bertz CT molecular complexity index is 532. The molecule has 2 aromatic rings. The first-order valence-electron chi connectivity index (χ1n) is 7.99. The standard InChI is InChI=1S/C17H23N3O/c1-2-6-14(7-3-1)9-11-16-19-17(21-20-16)12-10-15-8-4-5-13-18-15/h1-3,6-7,15,18H,4-5,8-13H2. The van der Waals surface area contributed by atoms with Gasteiger partial charge >= 0.3 is 0 Å². The van der Waals surface area contributed by atoms with Crippen molar-refractivity contribution in [3.05, 3.63) is 47.6 Å². The number of piperidine rings is 1. The quantitative estimate of drug-likeness (QED) is 0.886. The summed E-state index contributed by atoms with van der Waals surface area (Å²) in [6, 6.07) is 11.1. The summed E-state index contributed by atoms with van der Waals surface area (Å²) in [6.45, 7) is 1.15. The molecule has 1 fully saturated rings. The van der Waals surface area contributed by atoms with Crippen LogP contribution < -0.4 is 5.32 Å². The number of nitrogens with one attached hydrogen (secondary N) is 1. The fourth-order valence-electron chi connectivity index (χ4n) is 2.86. The van der Waals surface area contributed by atoms with Crippen molar-refractivity contribution in [2.24, 2.45) is 0 Å². The third-order valence-corrected chi connectivity index (χ3v) is 4.11. The van der Waals surface area contributed by atoms with Gasteiger partial charge in [0.05, 0.1) is 0 Å². The molecule has 4 heteroatoms. The van der Waals surface area contributed by atoms with E-state index in [1.54, 1.807) is 0 Å². The van der Waals surface area contributed by atoms with Crippen molar-refractivity contribution < 1.29 is 4.52 Å². The van der Waals surface area contributed by atoms with Gasteiger partial charge in [-0.25, -0.2) is 0 Å². The van der Waals surface area contributed by atoms with E-state index >= 15 is 0 Å². The van der Waals surface area contributed by atoms with E-state index in [0.717, 1.165) is 43.9 Å². The van der Waals surface area contributed by atoms with Crippen LogP contribution in [0.3, 0.4) is 0 Å². The Kier molecular flexibility index (Phi) is 5.00. The minimum absolute atomic E-state index is 0.624. The summed E-state index contributed by atoms with van der Waals surface area (Å²) in [5, 5.41) is 7.64. The van der Waals surface area contributed by atoms with Gasteiger partial charge in [0.15, 0.2) is 5.82 Å². The minimum atomic E-state index is 0.624. The van der Waals surface area contributed by atoms with Crippen molar-refractivity contribution in [2.45, 2.75) is 51.0 Å². The highest BCUT2D eigenvalue weighted by atomic mass is 16.5. The van der Waals surface area contributed by atoms with Crippen molar-refractivity contribution >= 4 is 0 Å². The Morgan fingerprint density at radius 2 is 2.00 bits per heavy atom. The first-order valence-corrected chi connectivity index (χ1v) is 7.99. The topological polar surface area (TPSA) is 51.0 Å². The number of nitrogens with zero attached hydrogens (tertiary/aromatic N) is 2. The van der Waals surface area contributed by atoms with Gasteiger partial charge in [0.25, 0.3) is 0 Å². The van der Waals surface area contributed by atoms with Crippen LogP contribution in [0.5, 0.6) is 0 Å². The predicted octanol–water partition coefficient (Wildman–Crippen LogP) is 2.93. The maximum Gasteiger partial charge on any atom is 0.226 e. The molecule has 2 heterocycles. The van der Waals surface area contributed by atoms with Gasteiger partial charge in [0.1, 0.15) is 0 Å². The van der Waals surface area contributed by atoms with Gasteiger partial charge in [-0.15, -0.1) is 0 Å². The lowest BCUT2D eigenvalue weighted by Gasteiger charge is -2.22. The minimum Gasteiger partial charge on any atom is -0.339 e. The normalized spacial score (nSPS) is 18.8. The first kappa shape index (κ1) is 14.3. The number of hydrogen-bond acceptors (Lipinski definition) is 4. The molecule has 1 aliphatic heterocycles. The van der Waals surface area contributed by atoms with Crippen LogP contribution in [-0.4, -0.2) is 22.7 Å². The van der Waals surface area contributed by atoms with Gasteiger partial charge < -0.3 is 9.84 Å². The molecule has 1 unspecified atom stereocenters. The fraction of sp³-hybridized carbons (Fsp3) is 0.529. The second-order valence-electron chi connectivity index (χ2n) is 5.78. The molecule has 21 heavy (non-hydrogen) atoms. The van der Waals surface area contributed by atoms with Crippen molar-refractivity contribution in [1.29, 1.82) is 0 Å². The third-order valence-electron chi connectivity index (χ3n) is 4.11. The van der Waals surface area contributed by atoms with Crippen LogP contribution >= 0.6 is 0 Å². The van der Waals surface area contributed by atoms with Crippen LogP contribution in [0, 0.1) is 0 Å². The highest BCUT2D eigenvalue weighted by Crippen LogP contribution is 2.13. The maximum atomic E-state index is 5.36. The molecular formula is C17H23N3O. The highest BCUT2D eigenvalue weighted by Gasteiger charge is 2.14. The summed E-state index contributed by atoms with van der Waals surface area (Å²) < 4.78 is 5.36. The van der Waals surface area contributed by atoms with Crippen LogP contribution in [0.25, 0.3) is 0 Å². The zero-order valence-corrected chi connectivity index (χ0v) is 12.4. The summed E-state index contributed by atoms with van der Waals surface area (Å²) in [6.07, 6.45) is 7.70. The number of hydrogen-bond donors (Lipinski definition) is 1. The smallest absolute Gasteiger partial charge is 0.226 e. The van der Waals surface area contributed by atoms with E-state index in [1.165, 1.54) is 24.8 Å². The van der Waals surface area contributed by atoms with Crippen LogP contribution in [0.1, 0.15) is 43.0 Å². The van der Waals surface area contributed by atoms with Crippen molar-refractivity contribution in [3.8, 4) is 0 Å². The van der Waals surface area contributed by atoms with Crippen LogP contribution in [0.2, 0.25) is 0 Å². The van der Waals surface area contributed by atoms with E-state index in [-0.39, 0.29) is 0 Å². The summed E-state index contributed by atoms with van der Waals surface area (Å²) in [5.41, 5.74) is 1.32. The van der Waals surface area contributed by atoms with Gasteiger partial charge in [-0.2, -0.15) is 4.98 Å². The first-order chi connectivity index (χ1) is 10.4. The largest absolute Gasteiger partial charge is 0.339 e. The van der Waals surface area contributed by atoms with E-state index in [1.807, 2.05) is 6.07 Å². The average molecular weight is 285 g/mol. The second kappa shape index (κ2) is 7.36. The molecule has 1 aliphatic rings. The van der Waals surface area contributed by atoms with Gasteiger partial charge in [-0.1, -0.05) is 41.9 Å². The van der Waals surface area contributed by atoms with E-state index in [0.29, 0.717) is 6.04 Å². The lowest BCUT2D eigenvalue weighted by atomic mass is 10.0. The number of rotatable bonds is 6.